The highest BCUT2D eigenvalue weighted by molar-refractivity contribution is 8.00. The predicted molar refractivity (Wildman–Crippen MR) is 137 cm³/mol. The molecule has 0 bridgehead atoms. The van der Waals surface area contributed by atoms with Gasteiger partial charge in [-0.1, -0.05) is 25.8 Å². The molecule has 210 valence electrons. The zero-order chi connectivity index (χ0) is 27.9. The standard InChI is InChI=1S/C27H30F6O3S2/c1-3-5-6-17(23-13-18-7-8-19(26(28,29)30)14-24(18)38-23)11-12-37-20-9-10-22(21(15-20)27(31,32)33)36-16-25(34)35-4-2/h7-10,14-15,17,23H,3-6,11-13,16H2,1-2H3. The highest BCUT2D eigenvalue weighted by atomic mass is 32.2. The predicted octanol–water partition coefficient (Wildman–Crippen LogP) is 8.67. The van der Waals surface area contributed by atoms with Crippen LogP contribution in [0.5, 0.6) is 5.75 Å². The summed E-state index contributed by atoms with van der Waals surface area (Å²) in [5.41, 5.74) is -0.702. The number of hydrogen-bond donors (Lipinski definition) is 0. The van der Waals surface area contributed by atoms with Crippen LogP contribution in [0, 0.1) is 5.92 Å². The molecule has 0 N–H and O–H groups in total. The van der Waals surface area contributed by atoms with Gasteiger partial charge in [-0.2, -0.15) is 26.3 Å². The molecule has 0 saturated carbocycles. The normalized spacial score (nSPS) is 16.3. The van der Waals surface area contributed by atoms with Gasteiger partial charge in [-0.25, -0.2) is 4.79 Å². The van der Waals surface area contributed by atoms with E-state index in [-0.39, 0.29) is 17.8 Å². The molecule has 0 radical (unpaired) electrons. The Labute approximate surface area is 227 Å². The van der Waals surface area contributed by atoms with Crippen LogP contribution in [-0.4, -0.2) is 30.2 Å². The maximum Gasteiger partial charge on any atom is 0.420 e. The van der Waals surface area contributed by atoms with Gasteiger partial charge in [0.05, 0.1) is 17.7 Å². The van der Waals surface area contributed by atoms with Crippen molar-refractivity contribution in [1.82, 2.24) is 0 Å². The molecule has 2 unspecified atom stereocenters. The van der Waals surface area contributed by atoms with Gasteiger partial charge in [0.1, 0.15) is 5.75 Å². The highest BCUT2D eigenvalue weighted by Crippen LogP contribution is 2.45. The number of unbranched alkanes of at least 4 members (excludes halogenated alkanes) is 1. The van der Waals surface area contributed by atoms with Crippen molar-refractivity contribution in [1.29, 1.82) is 0 Å². The summed E-state index contributed by atoms with van der Waals surface area (Å²) in [7, 11) is 0. The second kappa shape index (κ2) is 13.4. The molecule has 11 heteroatoms. The largest absolute Gasteiger partial charge is 0.481 e. The minimum absolute atomic E-state index is 0.100. The number of hydrogen-bond acceptors (Lipinski definition) is 5. The van der Waals surface area contributed by atoms with Crippen molar-refractivity contribution in [3.63, 3.8) is 0 Å². The first-order valence-electron chi connectivity index (χ1n) is 12.4. The average Bonchev–Trinajstić information content (AvgIpc) is 3.27. The fraction of sp³-hybridized carbons (Fsp3) is 0.519. The first-order chi connectivity index (χ1) is 17.9. The average molecular weight is 581 g/mol. The first-order valence-corrected chi connectivity index (χ1v) is 14.3. The Morgan fingerprint density at radius 1 is 1.05 bits per heavy atom. The molecule has 0 aromatic heterocycles. The third-order valence-electron chi connectivity index (χ3n) is 6.21. The number of halogens is 6. The SMILES string of the molecule is CCCCC(CCSc1ccc(OCC(=O)OCC)c(C(F)(F)F)c1)C1Cc2ccc(C(F)(F)F)cc2S1. The fourth-order valence-corrected chi connectivity index (χ4v) is 6.86. The lowest BCUT2D eigenvalue weighted by atomic mass is 9.92. The number of rotatable bonds is 12. The van der Waals surface area contributed by atoms with Crippen LogP contribution in [0.25, 0.3) is 0 Å². The van der Waals surface area contributed by atoms with Crippen molar-refractivity contribution in [2.45, 2.75) is 73.3 Å². The van der Waals surface area contributed by atoms with Gasteiger partial charge >= 0.3 is 18.3 Å². The maximum absolute atomic E-state index is 13.6. The second-order valence-corrected chi connectivity index (χ2v) is 11.4. The quantitative estimate of drug-likeness (QED) is 0.143. The van der Waals surface area contributed by atoms with Gasteiger partial charge in [-0.15, -0.1) is 23.5 Å². The van der Waals surface area contributed by atoms with Gasteiger partial charge in [0.25, 0.3) is 0 Å². The smallest absolute Gasteiger partial charge is 0.420 e. The van der Waals surface area contributed by atoms with E-state index in [1.54, 1.807) is 13.0 Å². The minimum atomic E-state index is -4.66. The summed E-state index contributed by atoms with van der Waals surface area (Å²) in [6.45, 7) is 3.14. The Morgan fingerprint density at radius 2 is 1.82 bits per heavy atom. The summed E-state index contributed by atoms with van der Waals surface area (Å²) in [5, 5.41) is 0.130. The maximum atomic E-state index is 13.6. The molecule has 1 aliphatic rings. The van der Waals surface area contributed by atoms with Gasteiger partial charge in [0, 0.05) is 15.0 Å². The van der Waals surface area contributed by atoms with E-state index in [1.165, 1.54) is 41.7 Å². The van der Waals surface area contributed by atoms with E-state index in [9.17, 15) is 31.1 Å². The van der Waals surface area contributed by atoms with Crippen LogP contribution < -0.4 is 4.74 Å². The molecular formula is C27H30F6O3S2. The molecule has 1 aliphatic heterocycles. The van der Waals surface area contributed by atoms with E-state index in [0.29, 0.717) is 22.0 Å². The lowest BCUT2D eigenvalue weighted by Gasteiger charge is -2.23. The summed E-state index contributed by atoms with van der Waals surface area (Å²) in [6.07, 6.45) is -4.78. The van der Waals surface area contributed by atoms with Crippen LogP contribution in [0.1, 0.15) is 56.2 Å². The molecule has 3 rings (SSSR count). The lowest BCUT2D eigenvalue weighted by molar-refractivity contribution is -0.147. The number of carbonyl (C=O) groups is 1. The van der Waals surface area contributed by atoms with E-state index in [1.807, 2.05) is 0 Å². The molecule has 38 heavy (non-hydrogen) atoms. The summed E-state index contributed by atoms with van der Waals surface area (Å²) in [4.78, 5) is 12.6. The minimum Gasteiger partial charge on any atom is -0.481 e. The van der Waals surface area contributed by atoms with Crippen LogP contribution in [-0.2, 0) is 28.3 Å². The molecule has 0 fully saturated rings. The number of esters is 1. The van der Waals surface area contributed by atoms with Crippen molar-refractivity contribution >= 4 is 29.5 Å². The van der Waals surface area contributed by atoms with Crippen LogP contribution >= 0.6 is 23.5 Å². The van der Waals surface area contributed by atoms with Gasteiger partial charge in [-0.05, 0) is 73.8 Å². The summed E-state index contributed by atoms with van der Waals surface area (Å²) in [5.74, 6) is -0.396. The Hall–Kier alpha value is -2.01. The summed E-state index contributed by atoms with van der Waals surface area (Å²) >= 11 is 2.77. The molecule has 1 heterocycles. The Balaban J connectivity index is 1.65. The highest BCUT2D eigenvalue weighted by Gasteiger charge is 2.36. The third kappa shape index (κ3) is 8.49. The Bertz CT molecular complexity index is 1090. The molecule has 3 nitrogen and oxygen atoms in total. The van der Waals surface area contributed by atoms with Crippen molar-refractivity contribution in [2.24, 2.45) is 5.92 Å². The Morgan fingerprint density at radius 3 is 2.47 bits per heavy atom. The van der Waals surface area contributed by atoms with Crippen LogP contribution in [0.2, 0.25) is 0 Å². The van der Waals surface area contributed by atoms with Crippen molar-refractivity contribution in [3.05, 3.63) is 53.1 Å². The van der Waals surface area contributed by atoms with E-state index in [0.717, 1.165) is 43.4 Å². The molecule has 2 aromatic carbocycles. The number of benzene rings is 2. The van der Waals surface area contributed by atoms with E-state index in [2.05, 4.69) is 6.92 Å². The second-order valence-electron chi connectivity index (χ2n) is 8.97. The van der Waals surface area contributed by atoms with E-state index in [4.69, 9.17) is 9.47 Å². The van der Waals surface area contributed by atoms with Gasteiger partial charge in [-0.3, -0.25) is 0 Å². The molecule has 0 aliphatic carbocycles. The number of fused-ring (bicyclic) bond motifs is 1. The first kappa shape index (κ1) is 30.5. The number of alkyl halides is 6. The lowest BCUT2D eigenvalue weighted by Crippen LogP contribution is -2.18. The van der Waals surface area contributed by atoms with E-state index < -0.39 is 41.8 Å². The summed E-state index contributed by atoms with van der Waals surface area (Å²) in [6, 6.07) is 7.65. The number of ether oxygens (including phenoxy) is 2. The van der Waals surface area contributed by atoms with Crippen molar-refractivity contribution in [2.75, 3.05) is 19.0 Å². The van der Waals surface area contributed by atoms with Crippen molar-refractivity contribution in [3.8, 4) is 5.75 Å². The van der Waals surface area contributed by atoms with Crippen LogP contribution in [0.3, 0.4) is 0 Å². The molecular weight excluding hydrogens is 550 g/mol. The molecule has 2 aromatic rings. The topological polar surface area (TPSA) is 35.5 Å². The zero-order valence-corrected chi connectivity index (χ0v) is 22.7. The number of thioether (sulfide) groups is 2. The molecule has 0 saturated heterocycles. The van der Waals surface area contributed by atoms with Crippen molar-refractivity contribution < 1.29 is 40.6 Å². The van der Waals surface area contributed by atoms with Crippen LogP contribution in [0.15, 0.2) is 46.2 Å². The summed E-state index contributed by atoms with van der Waals surface area (Å²) < 4.78 is 90.1. The molecule has 0 spiro atoms. The number of carbonyl (C=O) groups excluding carboxylic acids is 1. The van der Waals surface area contributed by atoms with Gasteiger partial charge < -0.3 is 9.47 Å². The third-order valence-corrected chi connectivity index (χ3v) is 8.73. The fourth-order valence-electron chi connectivity index (χ4n) is 4.29. The Kier molecular flexibility index (Phi) is 10.7. The van der Waals surface area contributed by atoms with Crippen LogP contribution in [0.4, 0.5) is 26.3 Å². The molecule has 0 amide bonds. The zero-order valence-electron chi connectivity index (χ0n) is 21.1. The molecule has 2 atom stereocenters. The van der Waals surface area contributed by atoms with Gasteiger partial charge in [0.2, 0.25) is 0 Å². The van der Waals surface area contributed by atoms with Gasteiger partial charge in [0.15, 0.2) is 6.61 Å². The monoisotopic (exact) mass is 580 g/mol. The van der Waals surface area contributed by atoms with E-state index >= 15 is 0 Å².